The van der Waals surface area contributed by atoms with Crippen molar-refractivity contribution in [2.45, 2.75) is 13.8 Å². The highest BCUT2D eigenvalue weighted by atomic mass is 16.1. The summed E-state index contributed by atoms with van der Waals surface area (Å²) in [6.07, 6.45) is 0. The van der Waals surface area contributed by atoms with Gasteiger partial charge in [-0.05, 0) is 47.6 Å². The van der Waals surface area contributed by atoms with Crippen LogP contribution in [0, 0.1) is 13.8 Å². The second kappa shape index (κ2) is 6.06. The van der Waals surface area contributed by atoms with Gasteiger partial charge in [0, 0.05) is 10.9 Å². The second-order valence-corrected chi connectivity index (χ2v) is 6.42. The first-order valence-electron chi connectivity index (χ1n) is 8.43. The molecular formula is C23H19NO. The number of hydrogen-bond acceptors (Lipinski definition) is 1. The molecule has 0 saturated heterocycles. The zero-order valence-electron chi connectivity index (χ0n) is 14.3. The summed E-state index contributed by atoms with van der Waals surface area (Å²) in [6, 6.07) is 24.4. The van der Waals surface area contributed by atoms with Gasteiger partial charge in [-0.3, -0.25) is 4.79 Å². The molecule has 122 valence electrons. The van der Waals surface area contributed by atoms with Crippen LogP contribution >= 0.6 is 0 Å². The molecule has 0 fully saturated rings. The molecule has 1 heterocycles. The lowest BCUT2D eigenvalue weighted by Crippen LogP contribution is -2.10. The van der Waals surface area contributed by atoms with Gasteiger partial charge in [0.25, 0.3) is 5.56 Å². The average molecular weight is 325 g/mol. The van der Waals surface area contributed by atoms with E-state index >= 15 is 0 Å². The summed E-state index contributed by atoms with van der Waals surface area (Å²) >= 11 is 0. The molecule has 0 atom stereocenters. The molecule has 2 nitrogen and oxygen atoms in total. The minimum atomic E-state index is -0.0448. The van der Waals surface area contributed by atoms with Crippen LogP contribution in [0.2, 0.25) is 0 Å². The van der Waals surface area contributed by atoms with Gasteiger partial charge in [0.1, 0.15) is 0 Å². The quantitative estimate of drug-likeness (QED) is 0.520. The molecule has 0 saturated carbocycles. The lowest BCUT2D eigenvalue weighted by molar-refractivity contribution is 1.26. The van der Waals surface area contributed by atoms with Gasteiger partial charge in [0.15, 0.2) is 0 Å². The average Bonchev–Trinajstić information content (AvgIpc) is 2.65. The molecule has 0 radical (unpaired) electrons. The van der Waals surface area contributed by atoms with Crippen molar-refractivity contribution in [2.75, 3.05) is 0 Å². The molecule has 3 aromatic carbocycles. The number of rotatable bonds is 2. The predicted molar refractivity (Wildman–Crippen MR) is 105 cm³/mol. The van der Waals surface area contributed by atoms with E-state index in [9.17, 15) is 4.79 Å². The van der Waals surface area contributed by atoms with Crippen LogP contribution in [0.25, 0.3) is 33.2 Å². The zero-order chi connectivity index (χ0) is 17.4. The SMILES string of the molecule is Cc1cc2c(-c3ccccc3)c(-c3ccccc3)[nH]c(=O)c2cc1C. The number of pyridine rings is 1. The Morgan fingerprint density at radius 3 is 1.80 bits per heavy atom. The molecular weight excluding hydrogens is 306 g/mol. The smallest absolute Gasteiger partial charge is 0.256 e. The highest BCUT2D eigenvalue weighted by Gasteiger charge is 2.15. The third-order valence-electron chi connectivity index (χ3n) is 4.76. The van der Waals surface area contributed by atoms with Gasteiger partial charge < -0.3 is 4.98 Å². The molecule has 4 rings (SSSR count). The first-order chi connectivity index (χ1) is 12.1. The van der Waals surface area contributed by atoms with Crippen LogP contribution in [0.1, 0.15) is 11.1 Å². The maximum Gasteiger partial charge on any atom is 0.256 e. The van der Waals surface area contributed by atoms with Crippen LogP contribution < -0.4 is 5.56 Å². The van der Waals surface area contributed by atoms with Crippen molar-refractivity contribution >= 4 is 10.8 Å². The minimum absolute atomic E-state index is 0.0448. The third-order valence-corrected chi connectivity index (χ3v) is 4.76. The molecule has 2 heteroatoms. The summed E-state index contributed by atoms with van der Waals surface area (Å²) in [4.78, 5) is 15.9. The zero-order valence-corrected chi connectivity index (χ0v) is 14.3. The van der Waals surface area contributed by atoms with E-state index in [1.807, 2.05) is 61.5 Å². The fourth-order valence-corrected chi connectivity index (χ4v) is 3.31. The summed E-state index contributed by atoms with van der Waals surface area (Å²) in [5.74, 6) is 0. The number of fused-ring (bicyclic) bond motifs is 1. The van der Waals surface area contributed by atoms with Crippen LogP contribution in [0.5, 0.6) is 0 Å². The maximum absolute atomic E-state index is 12.8. The molecule has 0 amide bonds. The first-order valence-corrected chi connectivity index (χ1v) is 8.43. The van der Waals surface area contributed by atoms with Gasteiger partial charge >= 0.3 is 0 Å². The highest BCUT2D eigenvalue weighted by molar-refractivity contribution is 6.02. The number of benzene rings is 3. The molecule has 0 spiro atoms. The molecule has 4 aromatic rings. The van der Waals surface area contributed by atoms with Gasteiger partial charge in [0.2, 0.25) is 0 Å². The topological polar surface area (TPSA) is 32.9 Å². The summed E-state index contributed by atoms with van der Waals surface area (Å²) in [6.45, 7) is 4.13. The highest BCUT2D eigenvalue weighted by Crippen LogP contribution is 2.35. The fraction of sp³-hybridized carbons (Fsp3) is 0.0870. The molecule has 1 aromatic heterocycles. The van der Waals surface area contributed by atoms with Crippen LogP contribution in [0.3, 0.4) is 0 Å². The van der Waals surface area contributed by atoms with Crippen LogP contribution in [-0.4, -0.2) is 4.98 Å². The molecule has 1 N–H and O–H groups in total. The van der Waals surface area contributed by atoms with E-state index in [0.29, 0.717) is 0 Å². The number of H-pyrrole nitrogens is 1. The van der Waals surface area contributed by atoms with Crippen molar-refractivity contribution in [2.24, 2.45) is 0 Å². The Kier molecular flexibility index (Phi) is 3.73. The van der Waals surface area contributed by atoms with Crippen molar-refractivity contribution in [3.63, 3.8) is 0 Å². The van der Waals surface area contributed by atoms with Gasteiger partial charge in [-0.15, -0.1) is 0 Å². The Balaban J connectivity index is 2.19. The molecule has 25 heavy (non-hydrogen) atoms. The van der Waals surface area contributed by atoms with Crippen molar-refractivity contribution in [1.82, 2.24) is 4.98 Å². The van der Waals surface area contributed by atoms with E-state index in [1.165, 1.54) is 5.56 Å². The number of nitrogens with one attached hydrogen (secondary N) is 1. The Morgan fingerprint density at radius 1 is 0.680 bits per heavy atom. The predicted octanol–water partition coefficient (Wildman–Crippen LogP) is 5.48. The van der Waals surface area contributed by atoms with Crippen molar-refractivity contribution in [1.29, 1.82) is 0 Å². The monoisotopic (exact) mass is 325 g/mol. The maximum atomic E-state index is 12.8. The summed E-state index contributed by atoms with van der Waals surface area (Å²) in [5, 5.41) is 1.73. The molecule has 0 unspecified atom stereocenters. The lowest BCUT2D eigenvalue weighted by atomic mass is 9.92. The van der Waals surface area contributed by atoms with E-state index in [1.54, 1.807) is 0 Å². The van der Waals surface area contributed by atoms with Gasteiger partial charge in [-0.2, -0.15) is 0 Å². The molecule has 0 aliphatic rings. The van der Waals surface area contributed by atoms with E-state index < -0.39 is 0 Å². The van der Waals surface area contributed by atoms with E-state index in [4.69, 9.17) is 0 Å². The number of hydrogen-bond donors (Lipinski definition) is 1. The summed E-state index contributed by atoms with van der Waals surface area (Å²) in [7, 11) is 0. The Bertz CT molecular complexity index is 1110. The van der Waals surface area contributed by atoms with Crippen LogP contribution in [0.15, 0.2) is 77.6 Å². The van der Waals surface area contributed by atoms with Crippen molar-refractivity contribution in [3.8, 4) is 22.4 Å². The third kappa shape index (κ3) is 2.66. The summed E-state index contributed by atoms with van der Waals surface area (Å²) in [5.41, 5.74) is 6.33. The van der Waals surface area contributed by atoms with Gasteiger partial charge in [0.05, 0.1) is 5.69 Å². The number of aryl methyl sites for hydroxylation is 2. The van der Waals surface area contributed by atoms with Crippen LogP contribution in [0.4, 0.5) is 0 Å². The molecule has 0 aliphatic heterocycles. The molecule has 0 bridgehead atoms. The first kappa shape index (κ1) is 15.4. The standard InChI is InChI=1S/C23H19NO/c1-15-13-19-20(14-16(15)2)23(25)24-22(18-11-7-4-8-12-18)21(19)17-9-5-3-6-10-17/h3-14H,1-2H3,(H,24,25). The van der Waals surface area contributed by atoms with Crippen molar-refractivity contribution < 1.29 is 0 Å². The van der Waals surface area contributed by atoms with Gasteiger partial charge in [-0.1, -0.05) is 66.7 Å². The Morgan fingerprint density at radius 2 is 1.20 bits per heavy atom. The Labute approximate surface area is 146 Å². The number of aromatic amines is 1. The van der Waals surface area contributed by atoms with E-state index in [-0.39, 0.29) is 5.56 Å². The summed E-state index contributed by atoms with van der Waals surface area (Å²) < 4.78 is 0. The largest absolute Gasteiger partial charge is 0.321 e. The van der Waals surface area contributed by atoms with E-state index in [2.05, 4.69) is 30.1 Å². The number of aromatic nitrogens is 1. The lowest BCUT2D eigenvalue weighted by Gasteiger charge is -2.15. The Hall–Kier alpha value is -3.13. The van der Waals surface area contributed by atoms with E-state index in [0.717, 1.165) is 38.7 Å². The normalized spacial score (nSPS) is 11.0. The van der Waals surface area contributed by atoms with Crippen LogP contribution in [-0.2, 0) is 0 Å². The second-order valence-electron chi connectivity index (χ2n) is 6.42. The van der Waals surface area contributed by atoms with Gasteiger partial charge in [-0.25, -0.2) is 0 Å². The minimum Gasteiger partial charge on any atom is -0.321 e. The van der Waals surface area contributed by atoms with Crippen molar-refractivity contribution in [3.05, 3.63) is 94.3 Å². The fourth-order valence-electron chi connectivity index (χ4n) is 3.31. The molecule has 0 aliphatic carbocycles.